The average molecular weight is 386 g/mol. The third kappa shape index (κ3) is 4.77. The Morgan fingerprint density at radius 3 is 2.35 bits per heavy atom. The van der Waals surface area contributed by atoms with Crippen molar-refractivity contribution in [3.05, 3.63) is 0 Å². The van der Waals surface area contributed by atoms with E-state index in [-0.39, 0.29) is 18.5 Å². The van der Waals surface area contributed by atoms with E-state index >= 15 is 0 Å². The molecule has 1 heterocycles. The van der Waals surface area contributed by atoms with Crippen LogP contribution in [0.15, 0.2) is 0 Å². The van der Waals surface area contributed by atoms with E-state index in [1.54, 1.807) is 0 Å². The van der Waals surface area contributed by atoms with Crippen LogP contribution < -0.4 is 0 Å². The number of aliphatic hydroxyl groups is 1. The molecule has 1 aliphatic heterocycles. The van der Waals surface area contributed by atoms with Crippen LogP contribution in [0.1, 0.15) is 77.6 Å². The summed E-state index contributed by atoms with van der Waals surface area (Å²) in [5.74, 6) is 3.09. The highest BCUT2D eigenvalue weighted by atomic mass is 35.5. The number of rotatable bonds is 8. The molecule has 0 spiro atoms. The Hall–Kier alpha value is 0.170. The van der Waals surface area contributed by atoms with Crippen molar-refractivity contribution in [2.24, 2.45) is 23.2 Å². The van der Waals surface area contributed by atoms with Gasteiger partial charge in [-0.25, -0.2) is 0 Å². The first-order chi connectivity index (χ1) is 12.2. The molecule has 2 atom stereocenters. The van der Waals surface area contributed by atoms with E-state index in [4.69, 9.17) is 4.74 Å². The Labute approximate surface area is 166 Å². The van der Waals surface area contributed by atoms with Gasteiger partial charge in [0.05, 0.1) is 12.7 Å². The van der Waals surface area contributed by atoms with Crippen LogP contribution in [0.3, 0.4) is 0 Å². The lowest BCUT2D eigenvalue weighted by molar-refractivity contribution is -0.0748. The maximum atomic E-state index is 10.4. The van der Waals surface area contributed by atoms with Crippen molar-refractivity contribution < 1.29 is 9.84 Å². The Morgan fingerprint density at radius 1 is 1.08 bits per heavy atom. The third-order valence-corrected chi connectivity index (χ3v) is 7.92. The van der Waals surface area contributed by atoms with E-state index in [1.165, 1.54) is 70.6 Å². The van der Waals surface area contributed by atoms with Crippen LogP contribution >= 0.6 is 12.4 Å². The van der Waals surface area contributed by atoms with Gasteiger partial charge in [0, 0.05) is 19.2 Å². The number of ether oxygens (including phenoxy) is 1. The number of halogens is 1. The zero-order valence-corrected chi connectivity index (χ0v) is 17.5. The van der Waals surface area contributed by atoms with Gasteiger partial charge in [-0.2, -0.15) is 0 Å². The zero-order chi connectivity index (χ0) is 17.3. The summed E-state index contributed by atoms with van der Waals surface area (Å²) in [4.78, 5) is 2.50. The molecule has 26 heavy (non-hydrogen) atoms. The fraction of sp³-hybridized carbons (Fsp3) is 1.00. The molecule has 0 aromatic rings. The van der Waals surface area contributed by atoms with Crippen LogP contribution in [0.5, 0.6) is 0 Å². The van der Waals surface area contributed by atoms with Crippen molar-refractivity contribution in [2.45, 2.75) is 89.7 Å². The molecule has 1 N–H and O–H groups in total. The Balaban J connectivity index is 0.00000196. The molecule has 5 rings (SSSR count). The van der Waals surface area contributed by atoms with Gasteiger partial charge in [0.1, 0.15) is 0 Å². The van der Waals surface area contributed by atoms with Crippen LogP contribution in [-0.4, -0.2) is 48.5 Å². The Morgan fingerprint density at radius 2 is 1.73 bits per heavy atom. The normalized spacial score (nSPS) is 40.4. The molecule has 4 heteroatoms. The second-order valence-corrected chi connectivity index (χ2v) is 9.95. The van der Waals surface area contributed by atoms with Crippen LogP contribution in [0, 0.1) is 23.2 Å². The number of piperidine rings is 1. The van der Waals surface area contributed by atoms with E-state index < -0.39 is 0 Å². The summed E-state index contributed by atoms with van der Waals surface area (Å²) in [5, 5.41) is 10.4. The van der Waals surface area contributed by atoms with E-state index in [0.717, 1.165) is 37.5 Å². The molecule has 0 amide bonds. The number of β-amino-alcohol motifs (C(OH)–C–C–N with tert-alkyl or cyclic N) is 1. The van der Waals surface area contributed by atoms with E-state index in [9.17, 15) is 5.11 Å². The molecule has 3 nitrogen and oxygen atoms in total. The number of aliphatic hydroxyl groups excluding tert-OH is 1. The zero-order valence-electron chi connectivity index (χ0n) is 16.7. The predicted molar refractivity (Wildman–Crippen MR) is 109 cm³/mol. The fourth-order valence-corrected chi connectivity index (χ4v) is 7.19. The highest BCUT2D eigenvalue weighted by molar-refractivity contribution is 5.85. The van der Waals surface area contributed by atoms with E-state index in [2.05, 4.69) is 11.8 Å². The lowest BCUT2D eigenvalue weighted by atomic mass is 9.49. The first-order valence-electron chi connectivity index (χ1n) is 11.2. The molecule has 152 valence electrons. The average Bonchev–Trinajstić information content (AvgIpc) is 2.58. The topological polar surface area (TPSA) is 32.7 Å². The van der Waals surface area contributed by atoms with Gasteiger partial charge in [0.15, 0.2) is 0 Å². The number of likely N-dealkylation sites (tertiary alicyclic amines) is 1. The minimum absolute atomic E-state index is 0. The van der Waals surface area contributed by atoms with Gasteiger partial charge in [0.25, 0.3) is 0 Å². The van der Waals surface area contributed by atoms with Gasteiger partial charge < -0.3 is 9.84 Å². The van der Waals surface area contributed by atoms with Crippen molar-refractivity contribution in [1.82, 2.24) is 4.90 Å². The van der Waals surface area contributed by atoms with Crippen molar-refractivity contribution in [3.8, 4) is 0 Å². The van der Waals surface area contributed by atoms with E-state index in [0.29, 0.717) is 18.1 Å². The van der Waals surface area contributed by atoms with Crippen LogP contribution in [-0.2, 0) is 4.74 Å². The predicted octanol–water partition coefficient (Wildman–Crippen LogP) is 4.66. The number of hydrogen-bond donors (Lipinski definition) is 1. The second-order valence-electron chi connectivity index (χ2n) is 9.95. The SMILES string of the molecule is CCC1CCCCN1CC(O)COCCC12CC3CC(CC(C3)C1)C2.Cl. The van der Waals surface area contributed by atoms with Crippen molar-refractivity contribution in [2.75, 3.05) is 26.3 Å². The first kappa shape index (κ1) is 20.9. The minimum atomic E-state index is -0.316. The number of nitrogens with zero attached hydrogens (tertiary/aromatic N) is 1. The second kappa shape index (κ2) is 9.11. The van der Waals surface area contributed by atoms with Crippen LogP contribution in [0.2, 0.25) is 0 Å². The summed E-state index contributed by atoms with van der Waals surface area (Å²) >= 11 is 0. The summed E-state index contributed by atoms with van der Waals surface area (Å²) in [6, 6.07) is 0.676. The van der Waals surface area contributed by atoms with Gasteiger partial charge in [-0.15, -0.1) is 12.4 Å². The standard InChI is InChI=1S/C22H39NO2.ClH/c1-2-20-5-3-4-7-23(20)15-21(24)16-25-8-6-22-12-17-9-18(13-22)11-19(10-17)14-22;/h17-21,24H,2-16H2,1H3;1H. The molecule has 4 saturated carbocycles. The summed E-state index contributed by atoms with van der Waals surface area (Å²) < 4.78 is 5.97. The van der Waals surface area contributed by atoms with Gasteiger partial charge >= 0.3 is 0 Å². The summed E-state index contributed by atoms with van der Waals surface area (Å²) in [5.41, 5.74) is 0.611. The maximum absolute atomic E-state index is 10.4. The van der Waals surface area contributed by atoms with Gasteiger partial charge in [0.2, 0.25) is 0 Å². The minimum Gasteiger partial charge on any atom is -0.389 e. The van der Waals surface area contributed by atoms with Gasteiger partial charge in [-0.05, 0) is 93.9 Å². The summed E-state index contributed by atoms with van der Waals surface area (Å²) in [7, 11) is 0. The van der Waals surface area contributed by atoms with Crippen LogP contribution in [0.25, 0.3) is 0 Å². The van der Waals surface area contributed by atoms with Crippen LogP contribution in [0.4, 0.5) is 0 Å². The van der Waals surface area contributed by atoms with Crippen molar-refractivity contribution in [1.29, 1.82) is 0 Å². The first-order valence-corrected chi connectivity index (χ1v) is 11.2. The highest BCUT2D eigenvalue weighted by Crippen LogP contribution is 2.61. The Bertz CT molecular complexity index is 409. The summed E-state index contributed by atoms with van der Waals surface area (Å²) in [6.45, 7) is 5.62. The van der Waals surface area contributed by atoms with E-state index in [1.807, 2.05) is 0 Å². The molecule has 4 aliphatic carbocycles. The van der Waals surface area contributed by atoms with Crippen molar-refractivity contribution >= 4 is 12.4 Å². The largest absolute Gasteiger partial charge is 0.389 e. The monoisotopic (exact) mass is 385 g/mol. The molecule has 5 fully saturated rings. The lowest BCUT2D eigenvalue weighted by Gasteiger charge is -2.57. The number of hydrogen-bond acceptors (Lipinski definition) is 3. The lowest BCUT2D eigenvalue weighted by Crippen LogP contribution is -2.46. The third-order valence-electron chi connectivity index (χ3n) is 7.92. The quantitative estimate of drug-likeness (QED) is 0.617. The van der Waals surface area contributed by atoms with Gasteiger partial charge in [-0.3, -0.25) is 4.90 Å². The summed E-state index contributed by atoms with van der Waals surface area (Å²) in [6.07, 6.45) is 15.0. The molecular formula is C22H40ClNO2. The highest BCUT2D eigenvalue weighted by Gasteiger charge is 2.50. The van der Waals surface area contributed by atoms with Crippen molar-refractivity contribution in [3.63, 3.8) is 0 Å². The van der Waals surface area contributed by atoms with Gasteiger partial charge in [-0.1, -0.05) is 13.3 Å². The fourth-order valence-electron chi connectivity index (χ4n) is 7.19. The molecule has 0 aromatic carbocycles. The molecule has 4 bridgehead atoms. The molecule has 2 unspecified atom stereocenters. The molecule has 0 radical (unpaired) electrons. The maximum Gasteiger partial charge on any atom is 0.0900 e. The Kier molecular flexibility index (Phi) is 7.32. The molecule has 0 aromatic heterocycles. The molecular weight excluding hydrogens is 346 g/mol. The smallest absolute Gasteiger partial charge is 0.0900 e. The molecule has 5 aliphatic rings. The molecule has 1 saturated heterocycles.